The molecule has 0 heterocycles. The number of carbonyl (C=O) groups excluding carboxylic acids is 2. The lowest BCUT2D eigenvalue weighted by atomic mass is 9.80. The Hall–Kier alpha value is -2.65. The summed E-state index contributed by atoms with van der Waals surface area (Å²) in [6.07, 6.45) is 0.445. The molecule has 0 aliphatic carbocycles. The SMILES string of the molecule is O=C(CCCC(=O)OCc1ccc(B(O)O)cc1)OCc1ccc(B(O)O)cc1. The van der Waals surface area contributed by atoms with Gasteiger partial charge in [0.25, 0.3) is 0 Å². The zero-order chi connectivity index (χ0) is 21.2. The van der Waals surface area contributed by atoms with E-state index in [2.05, 4.69) is 0 Å². The number of rotatable bonds is 10. The van der Waals surface area contributed by atoms with Gasteiger partial charge in [0.1, 0.15) is 13.2 Å². The third-order valence-electron chi connectivity index (χ3n) is 4.12. The van der Waals surface area contributed by atoms with Crippen LogP contribution in [0.15, 0.2) is 48.5 Å². The summed E-state index contributed by atoms with van der Waals surface area (Å²) in [6, 6.07) is 12.7. The Balaban J connectivity index is 1.61. The second kappa shape index (κ2) is 11.4. The number of benzene rings is 2. The molecule has 0 bridgehead atoms. The Morgan fingerprint density at radius 1 is 0.655 bits per heavy atom. The number of hydrogen-bond acceptors (Lipinski definition) is 8. The van der Waals surface area contributed by atoms with Crippen LogP contribution in [-0.2, 0) is 32.3 Å². The normalized spacial score (nSPS) is 10.3. The topological polar surface area (TPSA) is 134 Å². The predicted octanol–water partition coefficient (Wildman–Crippen LogP) is -0.997. The Bertz CT molecular complexity index is 723. The van der Waals surface area contributed by atoms with Crippen LogP contribution in [0.3, 0.4) is 0 Å². The van der Waals surface area contributed by atoms with Gasteiger partial charge in [-0.15, -0.1) is 0 Å². The maximum absolute atomic E-state index is 11.7. The molecule has 0 aromatic heterocycles. The van der Waals surface area contributed by atoms with E-state index in [9.17, 15) is 9.59 Å². The van der Waals surface area contributed by atoms with Gasteiger partial charge in [0, 0.05) is 12.8 Å². The Morgan fingerprint density at radius 3 is 1.31 bits per heavy atom. The highest BCUT2D eigenvalue weighted by molar-refractivity contribution is 6.58. The van der Waals surface area contributed by atoms with Crippen molar-refractivity contribution < 1.29 is 39.2 Å². The molecule has 10 heteroatoms. The monoisotopic (exact) mass is 400 g/mol. The van der Waals surface area contributed by atoms with Crippen LogP contribution >= 0.6 is 0 Å². The zero-order valence-electron chi connectivity index (χ0n) is 15.7. The van der Waals surface area contributed by atoms with Crippen molar-refractivity contribution in [2.75, 3.05) is 0 Å². The van der Waals surface area contributed by atoms with E-state index in [0.717, 1.165) is 0 Å². The van der Waals surface area contributed by atoms with E-state index in [-0.39, 0.29) is 26.1 Å². The van der Waals surface area contributed by atoms with Gasteiger partial charge in [-0.2, -0.15) is 0 Å². The van der Waals surface area contributed by atoms with Crippen molar-refractivity contribution in [3.63, 3.8) is 0 Å². The lowest BCUT2D eigenvalue weighted by Crippen LogP contribution is -2.29. The van der Waals surface area contributed by atoms with Crippen molar-refractivity contribution in [1.82, 2.24) is 0 Å². The molecule has 2 aromatic rings. The summed E-state index contributed by atoms with van der Waals surface area (Å²) in [6.45, 7) is 0.118. The van der Waals surface area contributed by atoms with Crippen molar-refractivity contribution in [2.45, 2.75) is 32.5 Å². The van der Waals surface area contributed by atoms with Gasteiger partial charge in [0.05, 0.1) is 0 Å². The van der Waals surface area contributed by atoms with Crippen molar-refractivity contribution in [2.24, 2.45) is 0 Å². The summed E-state index contributed by atoms with van der Waals surface area (Å²) >= 11 is 0. The average Bonchev–Trinajstić information content (AvgIpc) is 2.71. The average molecular weight is 400 g/mol. The molecule has 0 atom stereocenters. The molecule has 0 saturated carbocycles. The smallest absolute Gasteiger partial charge is 0.461 e. The van der Waals surface area contributed by atoms with E-state index in [0.29, 0.717) is 28.5 Å². The molecule has 0 fully saturated rings. The molecule has 0 amide bonds. The highest BCUT2D eigenvalue weighted by atomic mass is 16.5. The minimum atomic E-state index is -1.54. The van der Waals surface area contributed by atoms with Gasteiger partial charge in [-0.3, -0.25) is 9.59 Å². The van der Waals surface area contributed by atoms with Crippen molar-refractivity contribution in [1.29, 1.82) is 0 Å². The largest absolute Gasteiger partial charge is 0.488 e. The molecule has 0 aliphatic heterocycles. The fourth-order valence-electron chi connectivity index (χ4n) is 2.42. The van der Waals surface area contributed by atoms with Crippen molar-refractivity contribution in [3.05, 3.63) is 59.7 Å². The van der Waals surface area contributed by atoms with Crippen LogP contribution in [0.2, 0.25) is 0 Å². The summed E-state index contributed by atoms with van der Waals surface area (Å²) < 4.78 is 10.2. The predicted molar refractivity (Wildman–Crippen MR) is 106 cm³/mol. The number of esters is 2. The second-order valence-electron chi connectivity index (χ2n) is 6.41. The van der Waals surface area contributed by atoms with E-state index in [1.165, 1.54) is 24.3 Å². The van der Waals surface area contributed by atoms with Gasteiger partial charge in [0.2, 0.25) is 0 Å². The highest BCUT2D eigenvalue weighted by Crippen LogP contribution is 2.06. The van der Waals surface area contributed by atoms with Gasteiger partial charge in [-0.05, 0) is 28.5 Å². The van der Waals surface area contributed by atoms with Crippen LogP contribution in [0.5, 0.6) is 0 Å². The van der Waals surface area contributed by atoms with Crippen LogP contribution < -0.4 is 10.9 Å². The van der Waals surface area contributed by atoms with Crippen LogP contribution in [0.25, 0.3) is 0 Å². The fourth-order valence-corrected chi connectivity index (χ4v) is 2.42. The highest BCUT2D eigenvalue weighted by Gasteiger charge is 2.12. The zero-order valence-corrected chi connectivity index (χ0v) is 15.7. The maximum Gasteiger partial charge on any atom is 0.488 e. The standard InChI is InChI=1S/C19H22B2O8/c22-18(28-12-14-4-8-16(9-5-14)20(24)25)2-1-3-19(23)29-13-15-6-10-17(11-7-15)21(26)27/h4-11,24-27H,1-3,12-13H2. The molecule has 0 saturated heterocycles. The minimum Gasteiger partial charge on any atom is -0.461 e. The first-order chi connectivity index (χ1) is 13.8. The molecule has 0 aliphatic rings. The van der Waals surface area contributed by atoms with Crippen LogP contribution in [-0.4, -0.2) is 46.3 Å². The Kier molecular flexibility index (Phi) is 8.88. The van der Waals surface area contributed by atoms with Gasteiger partial charge in [-0.25, -0.2) is 0 Å². The van der Waals surface area contributed by atoms with E-state index < -0.39 is 26.2 Å². The number of ether oxygens (including phenoxy) is 2. The first-order valence-corrected chi connectivity index (χ1v) is 9.06. The van der Waals surface area contributed by atoms with Gasteiger partial charge in [0.15, 0.2) is 0 Å². The Labute approximate surface area is 169 Å². The Morgan fingerprint density at radius 2 is 1.00 bits per heavy atom. The maximum atomic E-state index is 11.7. The molecule has 0 radical (unpaired) electrons. The molecule has 152 valence electrons. The molecule has 4 N–H and O–H groups in total. The first-order valence-electron chi connectivity index (χ1n) is 9.06. The molecular weight excluding hydrogens is 378 g/mol. The van der Waals surface area contributed by atoms with Crippen molar-refractivity contribution in [3.8, 4) is 0 Å². The lowest BCUT2D eigenvalue weighted by Gasteiger charge is -2.07. The quantitative estimate of drug-likeness (QED) is 0.295. The summed E-state index contributed by atoms with van der Waals surface area (Å²) in [5.41, 5.74) is 2.12. The van der Waals surface area contributed by atoms with Crippen LogP contribution in [0, 0.1) is 0 Å². The molecule has 0 spiro atoms. The minimum absolute atomic E-state index is 0.0591. The molecule has 8 nitrogen and oxygen atoms in total. The van der Waals surface area contributed by atoms with E-state index in [4.69, 9.17) is 29.6 Å². The van der Waals surface area contributed by atoms with Gasteiger partial charge >= 0.3 is 26.2 Å². The summed E-state index contributed by atoms with van der Waals surface area (Å²) in [5, 5.41) is 36.1. The summed E-state index contributed by atoms with van der Waals surface area (Å²) in [4.78, 5) is 23.5. The van der Waals surface area contributed by atoms with Gasteiger partial charge < -0.3 is 29.6 Å². The number of carbonyl (C=O) groups is 2. The molecule has 0 unspecified atom stereocenters. The third kappa shape index (κ3) is 8.08. The fraction of sp³-hybridized carbons (Fsp3) is 0.263. The molecule has 2 aromatic carbocycles. The summed E-state index contributed by atoms with van der Waals surface area (Å²) in [5.74, 6) is -0.885. The first kappa shape index (κ1) is 22.6. The lowest BCUT2D eigenvalue weighted by molar-refractivity contribution is -0.146. The van der Waals surface area contributed by atoms with E-state index >= 15 is 0 Å². The molecule has 29 heavy (non-hydrogen) atoms. The van der Waals surface area contributed by atoms with Gasteiger partial charge in [-0.1, -0.05) is 48.5 Å². The number of hydrogen-bond donors (Lipinski definition) is 4. The van der Waals surface area contributed by atoms with E-state index in [1.807, 2.05) is 0 Å². The van der Waals surface area contributed by atoms with Crippen LogP contribution in [0.1, 0.15) is 30.4 Å². The second-order valence-corrected chi connectivity index (χ2v) is 6.41. The van der Waals surface area contributed by atoms with Crippen molar-refractivity contribution >= 4 is 37.1 Å². The van der Waals surface area contributed by atoms with Crippen LogP contribution in [0.4, 0.5) is 0 Å². The molecule has 2 rings (SSSR count). The molecular formula is C19H22B2O8. The summed E-state index contributed by atoms with van der Waals surface area (Å²) in [7, 11) is -3.08. The third-order valence-corrected chi connectivity index (χ3v) is 4.12. The van der Waals surface area contributed by atoms with E-state index in [1.54, 1.807) is 24.3 Å².